The number of nitrogens with zero attached hydrogens (tertiary/aromatic N) is 1. The third-order valence-corrected chi connectivity index (χ3v) is 5.54. The Kier molecular flexibility index (Phi) is 6.48. The quantitative estimate of drug-likeness (QED) is 0.637. The zero-order valence-corrected chi connectivity index (χ0v) is 15.9. The molecule has 6 heteroatoms. The van der Waals surface area contributed by atoms with Gasteiger partial charge in [0, 0.05) is 38.0 Å². The van der Waals surface area contributed by atoms with Gasteiger partial charge >= 0.3 is 5.97 Å². The summed E-state index contributed by atoms with van der Waals surface area (Å²) >= 11 is 0. The van der Waals surface area contributed by atoms with Crippen molar-refractivity contribution in [2.75, 3.05) is 19.6 Å². The number of hydrogen-bond acceptors (Lipinski definition) is 4. The van der Waals surface area contributed by atoms with E-state index >= 15 is 0 Å². The summed E-state index contributed by atoms with van der Waals surface area (Å²) in [4.78, 5) is 37.9. The molecular weight excluding hydrogens is 344 g/mol. The van der Waals surface area contributed by atoms with Crippen molar-refractivity contribution in [1.82, 2.24) is 10.2 Å². The van der Waals surface area contributed by atoms with Crippen molar-refractivity contribution in [3.63, 3.8) is 0 Å². The minimum atomic E-state index is -0.411. The van der Waals surface area contributed by atoms with Gasteiger partial charge in [0.2, 0.25) is 5.91 Å². The SMILES string of the molecule is CC(=O)Oc1cccc(C(=O)NCC2CCN(C(=O)C3CCCC3)CC2)c1. The molecule has 0 unspecified atom stereocenters. The summed E-state index contributed by atoms with van der Waals surface area (Å²) in [6, 6.07) is 6.61. The second kappa shape index (κ2) is 9.02. The number of hydrogen-bond donors (Lipinski definition) is 1. The Bertz CT molecular complexity index is 689. The number of carbonyl (C=O) groups is 3. The van der Waals surface area contributed by atoms with Crippen LogP contribution in [0.5, 0.6) is 5.75 Å². The van der Waals surface area contributed by atoms with E-state index in [1.165, 1.54) is 19.8 Å². The molecule has 2 aliphatic rings. The zero-order valence-electron chi connectivity index (χ0n) is 15.9. The van der Waals surface area contributed by atoms with Gasteiger partial charge in [-0.2, -0.15) is 0 Å². The third kappa shape index (κ3) is 5.31. The fourth-order valence-electron chi connectivity index (χ4n) is 3.99. The maximum atomic E-state index is 12.5. The third-order valence-electron chi connectivity index (χ3n) is 5.54. The van der Waals surface area contributed by atoms with E-state index in [1.54, 1.807) is 24.3 Å². The summed E-state index contributed by atoms with van der Waals surface area (Å²) in [6.45, 7) is 3.51. The molecule has 27 heavy (non-hydrogen) atoms. The van der Waals surface area contributed by atoms with Crippen molar-refractivity contribution in [1.29, 1.82) is 0 Å². The van der Waals surface area contributed by atoms with E-state index in [-0.39, 0.29) is 11.8 Å². The number of nitrogens with one attached hydrogen (secondary N) is 1. The zero-order chi connectivity index (χ0) is 19.2. The van der Waals surface area contributed by atoms with Gasteiger partial charge < -0.3 is 15.0 Å². The Morgan fingerprint density at radius 2 is 1.81 bits per heavy atom. The first-order valence-electron chi connectivity index (χ1n) is 9.88. The first kappa shape index (κ1) is 19.4. The minimum Gasteiger partial charge on any atom is -0.427 e. The summed E-state index contributed by atoms with van der Waals surface area (Å²) in [5, 5.41) is 2.97. The number of rotatable bonds is 5. The molecule has 0 radical (unpaired) electrons. The van der Waals surface area contributed by atoms with Gasteiger partial charge in [0.05, 0.1) is 0 Å². The molecule has 146 valence electrons. The number of benzene rings is 1. The highest BCUT2D eigenvalue weighted by Crippen LogP contribution is 2.28. The Morgan fingerprint density at radius 3 is 2.48 bits per heavy atom. The molecule has 0 aromatic heterocycles. The fraction of sp³-hybridized carbons (Fsp3) is 0.571. The van der Waals surface area contributed by atoms with E-state index in [0.717, 1.165) is 38.8 Å². The van der Waals surface area contributed by atoms with Crippen LogP contribution >= 0.6 is 0 Å². The minimum absolute atomic E-state index is 0.173. The first-order valence-corrected chi connectivity index (χ1v) is 9.88. The molecule has 1 aliphatic carbocycles. The highest BCUT2D eigenvalue weighted by Gasteiger charge is 2.30. The summed E-state index contributed by atoms with van der Waals surface area (Å²) in [7, 11) is 0. The largest absolute Gasteiger partial charge is 0.427 e. The van der Waals surface area contributed by atoms with E-state index in [0.29, 0.717) is 29.7 Å². The average Bonchev–Trinajstić information content (AvgIpc) is 3.20. The molecule has 3 rings (SSSR count). The maximum absolute atomic E-state index is 12.5. The highest BCUT2D eigenvalue weighted by atomic mass is 16.5. The van der Waals surface area contributed by atoms with E-state index in [9.17, 15) is 14.4 Å². The lowest BCUT2D eigenvalue weighted by Crippen LogP contribution is -2.43. The molecule has 6 nitrogen and oxygen atoms in total. The molecular formula is C21H28N2O4. The van der Waals surface area contributed by atoms with Crippen molar-refractivity contribution in [3.8, 4) is 5.75 Å². The number of carbonyl (C=O) groups excluding carboxylic acids is 3. The van der Waals surface area contributed by atoms with Crippen molar-refractivity contribution in [3.05, 3.63) is 29.8 Å². The smallest absolute Gasteiger partial charge is 0.308 e. The van der Waals surface area contributed by atoms with Crippen LogP contribution in [-0.4, -0.2) is 42.3 Å². The van der Waals surface area contributed by atoms with Gasteiger partial charge in [-0.15, -0.1) is 0 Å². The van der Waals surface area contributed by atoms with Gasteiger partial charge in [0.1, 0.15) is 5.75 Å². The summed E-state index contributed by atoms with van der Waals surface area (Å²) in [5.41, 5.74) is 0.475. The highest BCUT2D eigenvalue weighted by molar-refractivity contribution is 5.94. The fourth-order valence-corrected chi connectivity index (χ4v) is 3.99. The molecule has 1 N–H and O–H groups in total. The van der Waals surface area contributed by atoms with Crippen LogP contribution in [0.3, 0.4) is 0 Å². The van der Waals surface area contributed by atoms with Gasteiger partial charge in [0.25, 0.3) is 5.91 Å². The number of ether oxygens (including phenoxy) is 1. The lowest BCUT2D eigenvalue weighted by Gasteiger charge is -2.33. The van der Waals surface area contributed by atoms with Gasteiger partial charge in [-0.3, -0.25) is 14.4 Å². The lowest BCUT2D eigenvalue weighted by molar-refractivity contribution is -0.136. The van der Waals surface area contributed by atoms with Crippen LogP contribution in [-0.2, 0) is 9.59 Å². The predicted molar refractivity (Wildman–Crippen MR) is 101 cm³/mol. The van der Waals surface area contributed by atoms with Crippen LogP contribution in [0, 0.1) is 11.8 Å². The van der Waals surface area contributed by atoms with Crippen LogP contribution in [0.25, 0.3) is 0 Å². The van der Waals surface area contributed by atoms with Crippen LogP contribution in [0.2, 0.25) is 0 Å². The Morgan fingerprint density at radius 1 is 1.11 bits per heavy atom. The molecule has 0 spiro atoms. The van der Waals surface area contributed by atoms with Crippen LogP contribution in [0.15, 0.2) is 24.3 Å². The molecule has 1 aromatic carbocycles. The molecule has 1 aromatic rings. The Hall–Kier alpha value is -2.37. The van der Waals surface area contributed by atoms with E-state index < -0.39 is 5.97 Å². The second-order valence-corrected chi connectivity index (χ2v) is 7.58. The molecule has 1 aliphatic heterocycles. The number of esters is 1. The standard InChI is InChI=1S/C21H28N2O4/c1-15(24)27-19-8-4-7-18(13-19)20(25)22-14-16-9-11-23(12-10-16)21(26)17-5-2-3-6-17/h4,7-8,13,16-17H,2-3,5-6,9-12,14H2,1H3,(H,22,25). The summed E-state index contributed by atoms with van der Waals surface area (Å²) in [6.07, 6.45) is 6.29. The lowest BCUT2D eigenvalue weighted by atomic mass is 9.95. The van der Waals surface area contributed by atoms with E-state index in [2.05, 4.69) is 5.32 Å². The molecule has 0 atom stereocenters. The van der Waals surface area contributed by atoms with Crippen molar-refractivity contribution in [2.24, 2.45) is 11.8 Å². The van der Waals surface area contributed by atoms with Crippen molar-refractivity contribution >= 4 is 17.8 Å². The maximum Gasteiger partial charge on any atom is 0.308 e. The van der Waals surface area contributed by atoms with Gasteiger partial charge in [-0.25, -0.2) is 0 Å². The molecule has 2 amide bonds. The van der Waals surface area contributed by atoms with Gasteiger partial charge in [-0.1, -0.05) is 18.9 Å². The first-order chi connectivity index (χ1) is 13.0. The average molecular weight is 372 g/mol. The number of piperidine rings is 1. The van der Waals surface area contributed by atoms with E-state index in [1.807, 2.05) is 4.90 Å². The monoisotopic (exact) mass is 372 g/mol. The van der Waals surface area contributed by atoms with Crippen molar-refractivity contribution < 1.29 is 19.1 Å². The van der Waals surface area contributed by atoms with Gasteiger partial charge in [-0.05, 0) is 49.8 Å². The van der Waals surface area contributed by atoms with Gasteiger partial charge in [0.15, 0.2) is 0 Å². The normalized spacial score (nSPS) is 18.3. The molecule has 1 heterocycles. The molecule has 2 fully saturated rings. The van der Waals surface area contributed by atoms with E-state index in [4.69, 9.17) is 4.74 Å². The number of amides is 2. The van der Waals surface area contributed by atoms with Crippen molar-refractivity contribution in [2.45, 2.75) is 45.4 Å². The van der Waals surface area contributed by atoms with Crippen LogP contribution < -0.4 is 10.1 Å². The Labute approximate surface area is 160 Å². The summed E-state index contributed by atoms with van der Waals surface area (Å²) < 4.78 is 5.02. The molecule has 1 saturated carbocycles. The second-order valence-electron chi connectivity index (χ2n) is 7.58. The predicted octanol–water partition coefficient (Wildman–Crippen LogP) is 2.77. The number of likely N-dealkylation sites (tertiary alicyclic amines) is 1. The van der Waals surface area contributed by atoms with Crippen LogP contribution in [0.4, 0.5) is 0 Å². The molecule has 0 bridgehead atoms. The summed E-state index contributed by atoms with van der Waals surface area (Å²) in [5.74, 6) is 0.745. The topological polar surface area (TPSA) is 75.7 Å². The Balaban J connectivity index is 1.44. The molecule has 1 saturated heterocycles. The van der Waals surface area contributed by atoms with Crippen LogP contribution in [0.1, 0.15) is 55.8 Å².